The first-order chi connectivity index (χ1) is 15.4. The molecule has 1 aliphatic heterocycles. The van der Waals surface area contributed by atoms with E-state index >= 15 is 0 Å². The van der Waals surface area contributed by atoms with Crippen LogP contribution in [-0.2, 0) is 32.6 Å². The van der Waals surface area contributed by atoms with Gasteiger partial charge < -0.3 is 18.1 Å². The lowest BCUT2D eigenvalue weighted by Crippen LogP contribution is -2.42. The van der Waals surface area contributed by atoms with Crippen LogP contribution >= 0.6 is 15.2 Å². The summed E-state index contributed by atoms with van der Waals surface area (Å²) >= 11 is 0. The van der Waals surface area contributed by atoms with Crippen LogP contribution in [0.25, 0.3) is 0 Å². The highest BCUT2D eigenvalue weighted by atomic mass is 31.2. The van der Waals surface area contributed by atoms with E-state index in [-0.39, 0.29) is 49.8 Å². The molecule has 1 aliphatic rings. The molecule has 1 aromatic carbocycles. The monoisotopic (exact) mass is 502 g/mol. The third-order valence-corrected chi connectivity index (χ3v) is 11.4. The molecule has 33 heavy (non-hydrogen) atoms. The van der Waals surface area contributed by atoms with Crippen molar-refractivity contribution in [1.29, 1.82) is 0 Å². The zero-order chi connectivity index (χ0) is 24.9. The summed E-state index contributed by atoms with van der Waals surface area (Å²) in [6.07, 6.45) is -0.304. The maximum absolute atomic E-state index is 14.0. The number of carbonyl (C=O) groups excluding carboxylic acids is 1. The Morgan fingerprint density at radius 3 is 1.70 bits per heavy atom. The second kappa shape index (κ2) is 10.9. The molecule has 0 saturated heterocycles. The topological polar surface area (TPSA) is 113 Å². The van der Waals surface area contributed by atoms with Crippen LogP contribution in [0.1, 0.15) is 70.8 Å². The van der Waals surface area contributed by atoms with E-state index in [9.17, 15) is 13.9 Å². The van der Waals surface area contributed by atoms with Gasteiger partial charge in [0.25, 0.3) is 5.02 Å². The fourth-order valence-electron chi connectivity index (χ4n) is 3.54. The van der Waals surface area contributed by atoms with Crippen molar-refractivity contribution in [1.82, 2.24) is 5.43 Å². The van der Waals surface area contributed by atoms with Crippen molar-refractivity contribution in [3.8, 4) is 0 Å². The number of nitrogens with zero attached hydrogens (tertiary/aromatic N) is 1. The van der Waals surface area contributed by atoms with Gasteiger partial charge in [-0.15, -0.1) is 0 Å². The minimum Gasteiger partial charge on any atom is -0.307 e. The van der Waals surface area contributed by atoms with Crippen LogP contribution in [0.4, 0.5) is 0 Å². The molecule has 0 aromatic heterocycles. The van der Waals surface area contributed by atoms with Gasteiger partial charge in [0.2, 0.25) is 5.78 Å². The van der Waals surface area contributed by atoms with Crippen LogP contribution in [0.5, 0.6) is 0 Å². The van der Waals surface area contributed by atoms with Gasteiger partial charge in [-0.05, 0) is 38.7 Å². The van der Waals surface area contributed by atoms with Crippen LogP contribution in [0.2, 0.25) is 0 Å². The maximum Gasteiger partial charge on any atom is 0.370 e. The molecular formula is C22H36N2O7P2. The Morgan fingerprint density at radius 1 is 0.909 bits per heavy atom. The number of carbonyl (C=O) groups is 1. The SMILES string of the molecule is CCOP(=O)(OCC)C1(P(=O)(OCC)OCC)CC(C(=O)c2ccc(C(C)(C)C)cc2)=NN1. The summed E-state index contributed by atoms with van der Waals surface area (Å²) in [4.78, 5) is 13.3. The molecule has 0 spiro atoms. The van der Waals surface area contributed by atoms with E-state index in [1.165, 1.54) is 0 Å². The Hall–Kier alpha value is -1.34. The molecule has 0 amide bonds. The molecule has 0 atom stereocenters. The van der Waals surface area contributed by atoms with Gasteiger partial charge in [0.1, 0.15) is 5.71 Å². The van der Waals surface area contributed by atoms with Gasteiger partial charge in [0, 0.05) is 12.0 Å². The van der Waals surface area contributed by atoms with Crippen LogP contribution in [0, 0.1) is 0 Å². The Bertz CT molecular complexity index is 904. The van der Waals surface area contributed by atoms with Crippen molar-refractivity contribution in [3.05, 3.63) is 35.4 Å². The molecule has 0 aliphatic carbocycles. The molecule has 0 unspecified atom stereocenters. The van der Waals surface area contributed by atoms with E-state index in [0.29, 0.717) is 5.56 Å². The van der Waals surface area contributed by atoms with E-state index in [4.69, 9.17) is 18.1 Å². The Balaban J connectivity index is 2.50. The molecule has 0 bridgehead atoms. The summed E-state index contributed by atoms with van der Waals surface area (Å²) in [5, 5.41) is 2.17. The minimum atomic E-state index is -4.17. The van der Waals surface area contributed by atoms with Crippen LogP contribution in [0.15, 0.2) is 29.4 Å². The first-order valence-corrected chi connectivity index (χ1v) is 14.3. The summed E-state index contributed by atoms with van der Waals surface area (Å²) in [7, 11) is -8.34. The van der Waals surface area contributed by atoms with Gasteiger partial charge in [-0.1, -0.05) is 45.0 Å². The van der Waals surface area contributed by atoms with Crippen molar-refractivity contribution >= 4 is 26.7 Å². The van der Waals surface area contributed by atoms with E-state index in [1.807, 2.05) is 12.1 Å². The fraction of sp³-hybridized carbons (Fsp3) is 0.636. The van der Waals surface area contributed by atoms with Crippen molar-refractivity contribution in [2.24, 2.45) is 5.10 Å². The summed E-state index contributed by atoms with van der Waals surface area (Å²) < 4.78 is 50.1. The number of Topliss-reactive ketones (excluding diaryl/α,β-unsaturated/α-hetero) is 1. The number of ketones is 1. The quantitative estimate of drug-likeness (QED) is 0.286. The van der Waals surface area contributed by atoms with Gasteiger partial charge in [-0.2, -0.15) is 5.10 Å². The fourth-order valence-corrected chi connectivity index (χ4v) is 8.82. The zero-order valence-electron chi connectivity index (χ0n) is 20.5. The first-order valence-electron chi connectivity index (χ1n) is 11.2. The number of nitrogens with one attached hydrogen (secondary N) is 1. The molecule has 1 aromatic rings. The van der Waals surface area contributed by atoms with Gasteiger partial charge >= 0.3 is 15.2 Å². The Morgan fingerprint density at radius 2 is 1.33 bits per heavy atom. The number of benzene rings is 1. The largest absolute Gasteiger partial charge is 0.370 e. The summed E-state index contributed by atoms with van der Waals surface area (Å²) in [5.74, 6) is -0.385. The Kier molecular flexibility index (Phi) is 9.25. The molecule has 1 heterocycles. The van der Waals surface area contributed by atoms with E-state index in [2.05, 4.69) is 31.3 Å². The first kappa shape index (κ1) is 27.9. The summed E-state index contributed by atoms with van der Waals surface area (Å²) in [6.45, 7) is 12.9. The van der Waals surface area contributed by atoms with Crippen molar-refractivity contribution in [2.45, 2.75) is 65.3 Å². The van der Waals surface area contributed by atoms with Gasteiger partial charge in [-0.25, -0.2) is 0 Å². The Labute approximate surface area is 196 Å². The van der Waals surface area contributed by atoms with Crippen LogP contribution < -0.4 is 5.43 Å². The highest BCUT2D eigenvalue weighted by Crippen LogP contribution is 2.78. The standard InChI is InChI=1S/C22H36N2O7P2/c1-8-28-32(26,29-9-2)22(33(27,30-10-3)31-11-4)16-19(23-24-22)20(25)17-12-14-18(15-13-17)21(5,6)7/h12-15,24H,8-11,16H2,1-7H3. The smallest absolute Gasteiger partial charge is 0.307 e. The molecule has 2 rings (SSSR count). The van der Waals surface area contributed by atoms with E-state index in [1.54, 1.807) is 39.8 Å². The second-order valence-corrected chi connectivity index (χ2v) is 13.4. The molecule has 0 fully saturated rings. The lowest BCUT2D eigenvalue weighted by atomic mass is 9.86. The van der Waals surface area contributed by atoms with Crippen LogP contribution in [-0.4, -0.2) is 42.9 Å². The molecule has 9 nitrogen and oxygen atoms in total. The zero-order valence-corrected chi connectivity index (χ0v) is 22.3. The van der Waals surface area contributed by atoms with E-state index < -0.39 is 20.2 Å². The maximum atomic E-state index is 14.0. The molecule has 1 N–H and O–H groups in total. The van der Waals surface area contributed by atoms with Crippen molar-refractivity contribution in [3.63, 3.8) is 0 Å². The molecular weight excluding hydrogens is 466 g/mol. The lowest BCUT2D eigenvalue weighted by molar-refractivity contribution is 0.106. The summed E-state index contributed by atoms with van der Waals surface area (Å²) in [6, 6.07) is 7.22. The predicted octanol–water partition coefficient (Wildman–Crippen LogP) is 5.70. The molecule has 0 radical (unpaired) electrons. The highest BCUT2D eigenvalue weighted by molar-refractivity contribution is 7.74. The van der Waals surface area contributed by atoms with Gasteiger partial charge in [0.15, 0.2) is 0 Å². The highest BCUT2D eigenvalue weighted by Gasteiger charge is 2.68. The van der Waals surface area contributed by atoms with Gasteiger partial charge in [-0.3, -0.25) is 19.4 Å². The third-order valence-electron chi connectivity index (χ3n) is 5.16. The third kappa shape index (κ3) is 5.50. The second-order valence-electron chi connectivity index (χ2n) is 8.49. The normalized spacial score (nSPS) is 16.4. The average Bonchev–Trinajstić information content (AvgIpc) is 3.21. The molecule has 0 saturated carbocycles. The predicted molar refractivity (Wildman–Crippen MR) is 129 cm³/mol. The number of hydrogen-bond donors (Lipinski definition) is 1. The lowest BCUT2D eigenvalue weighted by Gasteiger charge is -2.38. The number of rotatable bonds is 12. The van der Waals surface area contributed by atoms with E-state index in [0.717, 1.165) is 5.56 Å². The van der Waals surface area contributed by atoms with Gasteiger partial charge in [0.05, 0.1) is 26.4 Å². The average molecular weight is 502 g/mol. The number of hydrogen-bond acceptors (Lipinski definition) is 9. The summed E-state index contributed by atoms with van der Waals surface area (Å²) in [5.41, 5.74) is 4.13. The van der Waals surface area contributed by atoms with Crippen molar-refractivity contribution in [2.75, 3.05) is 26.4 Å². The molecule has 11 heteroatoms. The molecule has 186 valence electrons. The van der Waals surface area contributed by atoms with Crippen LogP contribution in [0.3, 0.4) is 0 Å². The minimum absolute atomic E-state index is 0.0243. The number of hydrazone groups is 1. The van der Waals surface area contributed by atoms with Crippen molar-refractivity contribution < 1.29 is 32.0 Å².